The van der Waals surface area contributed by atoms with Gasteiger partial charge in [0.2, 0.25) is 0 Å². The molecule has 2 rings (SSSR count). The lowest BCUT2D eigenvalue weighted by molar-refractivity contribution is -0.0265. The van der Waals surface area contributed by atoms with Gasteiger partial charge in [0, 0.05) is 31.3 Å². The maximum Gasteiger partial charge on any atom is 0.129 e. The molecule has 1 aliphatic rings. The predicted molar refractivity (Wildman–Crippen MR) is 118 cm³/mol. The van der Waals surface area contributed by atoms with Crippen LogP contribution in [0.3, 0.4) is 0 Å². The molecule has 0 amide bonds. The third kappa shape index (κ3) is 8.53. The molecular formula is C24H41NO4. The molecule has 0 aliphatic carbocycles. The van der Waals surface area contributed by atoms with Crippen molar-refractivity contribution in [2.24, 2.45) is 0 Å². The van der Waals surface area contributed by atoms with Crippen LogP contribution in [-0.4, -0.2) is 56.6 Å². The molecule has 5 nitrogen and oxygen atoms in total. The first-order valence-electron chi connectivity index (χ1n) is 11.4. The zero-order valence-corrected chi connectivity index (χ0v) is 18.8. The summed E-state index contributed by atoms with van der Waals surface area (Å²) in [7, 11) is 1.66. The number of β-amino-alcohol motifs (C(OH)–C–C–N with tert-alkyl or cyclic N) is 1. The van der Waals surface area contributed by atoms with Gasteiger partial charge in [-0.2, -0.15) is 0 Å². The fraction of sp³-hybridized carbons (Fsp3) is 0.750. The van der Waals surface area contributed by atoms with Gasteiger partial charge in [-0.05, 0) is 25.5 Å². The quantitative estimate of drug-likeness (QED) is 0.451. The number of benzene rings is 1. The van der Waals surface area contributed by atoms with E-state index in [2.05, 4.69) is 11.8 Å². The van der Waals surface area contributed by atoms with E-state index in [1.165, 1.54) is 44.9 Å². The summed E-state index contributed by atoms with van der Waals surface area (Å²) in [5, 5.41) is 11.2. The summed E-state index contributed by atoms with van der Waals surface area (Å²) in [6.45, 7) is 8.50. The first-order valence-corrected chi connectivity index (χ1v) is 11.4. The van der Waals surface area contributed by atoms with Crippen molar-refractivity contribution < 1.29 is 19.3 Å². The highest BCUT2D eigenvalue weighted by Crippen LogP contribution is 2.34. The molecule has 1 fully saturated rings. The first kappa shape index (κ1) is 24.0. The topological polar surface area (TPSA) is 51.2 Å². The lowest BCUT2D eigenvalue weighted by Gasteiger charge is -2.34. The van der Waals surface area contributed by atoms with Gasteiger partial charge < -0.3 is 19.3 Å². The Labute approximate surface area is 177 Å². The molecule has 1 unspecified atom stereocenters. The second-order valence-corrected chi connectivity index (χ2v) is 8.35. The minimum Gasteiger partial charge on any atom is -0.497 e. The summed E-state index contributed by atoms with van der Waals surface area (Å²) in [6.07, 6.45) is 10.2. The third-order valence-electron chi connectivity index (χ3n) is 5.66. The summed E-state index contributed by atoms with van der Waals surface area (Å²) in [4.78, 5) is 2.25. The van der Waals surface area contributed by atoms with Crippen molar-refractivity contribution in [2.45, 2.75) is 70.8 Å². The maximum absolute atomic E-state index is 11.2. The van der Waals surface area contributed by atoms with Gasteiger partial charge >= 0.3 is 0 Å². The highest BCUT2D eigenvalue weighted by Gasteiger charge is 2.30. The number of ether oxygens (including phenoxy) is 3. The number of nitrogens with zero attached hydrogens (tertiary/aromatic N) is 1. The van der Waals surface area contributed by atoms with Crippen molar-refractivity contribution in [3.63, 3.8) is 0 Å². The fourth-order valence-electron chi connectivity index (χ4n) is 3.89. The number of hydrogen-bond acceptors (Lipinski definition) is 5. The molecule has 1 aliphatic heterocycles. The Balaban J connectivity index is 1.87. The van der Waals surface area contributed by atoms with Crippen molar-refractivity contribution in [3.8, 4) is 11.5 Å². The Morgan fingerprint density at radius 2 is 1.69 bits per heavy atom. The Morgan fingerprint density at radius 3 is 2.34 bits per heavy atom. The summed E-state index contributed by atoms with van der Waals surface area (Å²) in [5.74, 6) is 1.48. The lowest BCUT2D eigenvalue weighted by atomic mass is 9.94. The third-order valence-corrected chi connectivity index (χ3v) is 5.66. The molecule has 5 heteroatoms. The summed E-state index contributed by atoms with van der Waals surface area (Å²) >= 11 is 0. The normalized spacial score (nSPS) is 17.1. The number of morpholine rings is 1. The lowest BCUT2D eigenvalue weighted by Crippen LogP contribution is -2.44. The standard InChI is InChI=1S/C24H41NO4/c1-4-5-6-7-8-9-10-11-16-29-23-19-21(27-3)12-13-22(23)24(2,26)20-25-14-17-28-18-15-25/h12-13,19,26H,4-11,14-18,20H2,1-3H3. The van der Waals surface area contributed by atoms with Crippen LogP contribution < -0.4 is 9.47 Å². The molecule has 0 aromatic heterocycles. The zero-order chi connectivity index (χ0) is 21.0. The van der Waals surface area contributed by atoms with Crippen LogP contribution in [0.4, 0.5) is 0 Å². The zero-order valence-electron chi connectivity index (χ0n) is 18.8. The summed E-state index contributed by atoms with van der Waals surface area (Å²) < 4.78 is 16.9. The van der Waals surface area contributed by atoms with Crippen LogP contribution in [0.15, 0.2) is 18.2 Å². The van der Waals surface area contributed by atoms with Gasteiger partial charge in [-0.25, -0.2) is 0 Å². The van der Waals surface area contributed by atoms with Crippen molar-refractivity contribution in [3.05, 3.63) is 23.8 Å². The Hall–Kier alpha value is -1.30. The van der Waals surface area contributed by atoms with Crippen LogP contribution in [-0.2, 0) is 10.3 Å². The number of unbranched alkanes of at least 4 members (excludes halogenated alkanes) is 7. The van der Waals surface area contributed by atoms with E-state index in [4.69, 9.17) is 14.2 Å². The van der Waals surface area contributed by atoms with Crippen LogP contribution in [0.1, 0.15) is 70.8 Å². The fourth-order valence-corrected chi connectivity index (χ4v) is 3.89. The van der Waals surface area contributed by atoms with Gasteiger partial charge in [0.15, 0.2) is 0 Å². The molecule has 0 saturated carbocycles. The SMILES string of the molecule is CCCCCCCCCCOc1cc(OC)ccc1C(C)(O)CN1CCOCC1. The number of hydrogen-bond donors (Lipinski definition) is 1. The Bertz CT molecular complexity index is 570. The van der Waals surface area contributed by atoms with Crippen LogP contribution in [0.2, 0.25) is 0 Å². The summed E-state index contributed by atoms with van der Waals surface area (Å²) in [6, 6.07) is 5.72. The van der Waals surface area contributed by atoms with Crippen molar-refractivity contribution >= 4 is 0 Å². The van der Waals surface area contributed by atoms with Crippen LogP contribution in [0, 0.1) is 0 Å². The number of methoxy groups -OCH3 is 1. The van der Waals surface area contributed by atoms with Crippen LogP contribution in [0.5, 0.6) is 11.5 Å². The number of rotatable bonds is 14. The van der Waals surface area contributed by atoms with E-state index in [-0.39, 0.29) is 0 Å². The molecule has 0 spiro atoms. The minimum absolute atomic E-state index is 0.566. The van der Waals surface area contributed by atoms with Gasteiger partial charge in [0.05, 0.1) is 26.9 Å². The molecule has 1 heterocycles. The maximum atomic E-state index is 11.2. The molecule has 1 aromatic carbocycles. The second-order valence-electron chi connectivity index (χ2n) is 8.35. The van der Waals surface area contributed by atoms with E-state index in [0.717, 1.165) is 49.8 Å². The van der Waals surface area contributed by atoms with Gasteiger partial charge in [-0.1, -0.05) is 51.9 Å². The van der Waals surface area contributed by atoms with E-state index in [0.29, 0.717) is 13.2 Å². The van der Waals surface area contributed by atoms with Gasteiger partial charge in [-0.3, -0.25) is 4.90 Å². The van der Waals surface area contributed by atoms with E-state index in [1.54, 1.807) is 7.11 Å². The summed E-state index contributed by atoms with van der Waals surface area (Å²) in [5.41, 5.74) is -0.164. The van der Waals surface area contributed by atoms with E-state index in [9.17, 15) is 5.11 Å². The highest BCUT2D eigenvalue weighted by atomic mass is 16.5. The highest BCUT2D eigenvalue weighted by molar-refractivity contribution is 5.44. The largest absolute Gasteiger partial charge is 0.497 e. The molecule has 166 valence electrons. The van der Waals surface area contributed by atoms with Gasteiger partial charge in [0.1, 0.15) is 17.1 Å². The average Bonchev–Trinajstić information content (AvgIpc) is 2.72. The van der Waals surface area contributed by atoms with Crippen molar-refractivity contribution in [1.29, 1.82) is 0 Å². The molecule has 0 bridgehead atoms. The van der Waals surface area contributed by atoms with Crippen LogP contribution >= 0.6 is 0 Å². The first-order chi connectivity index (χ1) is 14.1. The molecule has 29 heavy (non-hydrogen) atoms. The molecule has 1 saturated heterocycles. The monoisotopic (exact) mass is 407 g/mol. The molecule has 0 radical (unpaired) electrons. The van der Waals surface area contributed by atoms with Crippen molar-refractivity contribution in [1.82, 2.24) is 4.90 Å². The molecule has 1 atom stereocenters. The Morgan fingerprint density at radius 1 is 1.03 bits per heavy atom. The van der Waals surface area contributed by atoms with E-state index >= 15 is 0 Å². The minimum atomic E-state index is -0.988. The van der Waals surface area contributed by atoms with E-state index in [1.807, 2.05) is 25.1 Å². The van der Waals surface area contributed by atoms with Gasteiger partial charge in [-0.15, -0.1) is 0 Å². The molecule has 1 aromatic rings. The second kappa shape index (κ2) is 13.1. The number of aliphatic hydroxyl groups is 1. The smallest absolute Gasteiger partial charge is 0.129 e. The van der Waals surface area contributed by atoms with Crippen LogP contribution in [0.25, 0.3) is 0 Å². The van der Waals surface area contributed by atoms with Gasteiger partial charge in [0.25, 0.3) is 0 Å². The Kier molecular flexibility index (Phi) is 10.8. The van der Waals surface area contributed by atoms with E-state index < -0.39 is 5.60 Å². The molecule has 1 N–H and O–H groups in total. The van der Waals surface area contributed by atoms with Crippen molar-refractivity contribution in [2.75, 3.05) is 46.6 Å². The molecular weight excluding hydrogens is 366 g/mol. The average molecular weight is 408 g/mol. The predicted octanol–water partition coefficient (Wildman–Crippen LogP) is 4.75.